The van der Waals surface area contributed by atoms with E-state index in [9.17, 15) is 4.79 Å². The summed E-state index contributed by atoms with van der Waals surface area (Å²) in [6, 6.07) is 5.14. The molecule has 0 fully saturated rings. The highest BCUT2D eigenvalue weighted by Crippen LogP contribution is 2.28. The number of hydrogen-bond acceptors (Lipinski definition) is 4. The van der Waals surface area contributed by atoms with Crippen LogP contribution in [0.15, 0.2) is 23.2 Å². The van der Waals surface area contributed by atoms with Gasteiger partial charge in [-0.15, -0.1) is 0 Å². The van der Waals surface area contributed by atoms with Crippen LogP contribution in [-0.2, 0) is 4.79 Å². The number of hydrogen-bond donors (Lipinski definition) is 1. The van der Waals surface area contributed by atoms with E-state index in [0.29, 0.717) is 17.3 Å². The molecule has 0 radical (unpaired) electrons. The first-order valence-electron chi connectivity index (χ1n) is 6.18. The first-order valence-corrected chi connectivity index (χ1v) is 6.18. The fourth-order valence-corrected chi connectivity index (χ4v) is 2.00. The fraction of sp³-hybridized carbons (Fsp3) is 0.429. The number of aliphatic imine (C=N–C) groups is 1. The van der Waals surface area contributed by atoms with Crippen molar-refractivity contribution in [3.8, 4) is 11.5 Å². The number of nitrogens with zero attached hydrogens (tertiary/aromatic N) is 1. The van der Waals surface area contributed by atoms with Gasteiger partial charge in [0.25, 0.3) is 5.91 Å². The van der Waals surface area contributed by atoms with Gasteiger partial charge in [0.1, 0.15) is 11.9 Å². The van der Waals surface area contributed by atoms with E-state index in [1.54, 1.807) is 26.4 Å². The number of rotatable bonds is 4. The molecule has 0 aromatic heterocycles. The van der Waals surface area contributed by atoms with Crippen LogP contribution in [0.1, 0.15) is 19.4 Å². The van der Waals surface area contributed by atoms with Gasteiger partial charge in [-0.25, -0.2) is 0 Å². The molecule has 0 bridgehead atoms. The molecule has 2 rings (SSSR count). The summed E-state index contributed by atoms with van der Waals surface area (Å²) in [6.07, 6.45) is 0. The summed E-state index contributed by atoms with van der Waals surface area (Å²) in [6.45, 7) is 3.95. The molecule has 0 aliphatic carbocycles. The van der Waals surface area contributed by atoms with E-state index in [-0.39, 0.29) is 17.9 Å². The Bertz CT molecular complexity index is 523. The molecule has 102 valence electrons. The number of nitrogens with one attached hydrogen (secondary N) is 1. The topological polar surface area (TPSA) is 59.9 Å². The lowest BCUT2D eigenvalue weighted by Gasteiger charge is -2.09. The number of ether oxygens (including phenoxy) is 2. The molecule has 1 atom stereocenters. The molecule has 0 saturated carbocycles. The smallest absolute Gasteiger partial charge is 0.250 e. The van der Waals surface area contributed by atoms with Crippen LogP contribution in [0, 0.1) is 5.92 Å². The average molecular weight is 262 g/mol. The zero-order valence-electron chi connectivity index (χ0n) is 11.6. The predicted molar refractivity (Wildman–Crippen MR) is 72.9 cm³/mol. The van der Waals surface area contributed by atoms with Crippen LogP contribution < -0.4 is 14.8 Å². The highest BCUT2D eigenvalue weighted by Gasteiger charge is 2.29. The standard InChI is InChI=1S/C14H18N2O3/c1-8(2)12-14(17)16-13(15-12)9-5-6-10(18-3)11(7-9)19-4/h5-8,12H,1-4H3,(H,15,16,17). The first kappa shape index (κ1) is 13.4. The van der Waals surface area contributed by atoms with Gasteiger partial charge in [-0.3, -0.25) is 9.79 Å². The van der Waals surface area contributed by atoms with Gasteiger partial charge >= 0.3 is 0 Å². The SMILES string of the molecule is COc1ccc(C2=NC(C(C)C)C(=O)N2)cc1OC. The number of carbonyl (C=O) groups excluding carboxylic acids is 1. The largest absolute Gasteiger partial charge is 0.493 e. The monoisotopic (exact) mass is 262 g/mol. The fourth-order valence-electron chi connectivity index (χ4n) is 2.00. The average Bonchev–Trinajstić information content (AvgIpc) is 2.80. The Labute approximate surface area is 112 Å². The Hall–Kier alpha value is -2.04. The minimum absolute atomic E-state index is 0.0558. The van der Waals surface area contributed by atoms with Crippen molar-refractivity contribution < 1.29 is 14.3 Å². The molecule has 0 saturated heterocycles. The number of carbonyl (C=O) groups is 1. The Balaban J connectivity index is 2.33. The van der Waals surface area contributed by atoms with Gasteiger partial charge in [-0.05, 0) is 24.1 Å². The summed E-state index contributed by atoms with van der Waals surface area (Å²) in [5, 5.41) is 2.81. The molecule has 1 heterocycles. The molecular formula is C14H18N2O3. The summed E-state index contributed by atoms with van der Waals surface area (Å²) >= 11 is 0. The van der Waals surface area contributed by atoms with Crippen LogP contribution in [0.3, 0.4) is 0 Å². The number of methoxy groups -OCH3 is 2. The Morgan fingerprint density at radius 3 is 2.42 bits per heavy atom. The van der Waals surface area contributed by atoms with Crippen LogP contribution in [-0.4, -0.2) is 32.0 Å². The van der Waals surface area contributed by atoms with Crippen molar-refractivity contribution >= 4 is 11.7 Å². The molecular weight excluding hydrogens is 244 g/mol. The van der Waals surface area contributed by atoms with Crippen molar-refractivity contribution in [2.75, 3.05) is 14.2 Å². The lowest BCUT2D eigenvalue weighted by molar-refractivity contribution is -0.120. The summed E-state index contributed by atoms with van der Waals surface area (Å²) in [4.78, 5) is 16.2. The lowest BCUT2D eigenvalue weighted by Crippen LogP contribution is -2.31. The van der Waals surface area contributed by atoms with Crippen LogP contribution in [0.4, 0.5) is 0 Å². The summed E-state index contributed by atoms with van der Waals surface area (Å²) in [5.74, 6) is 1.98. The molecule has 1 aromatic carbocycles. The number of benzene rings is 1. The van der Waals surface area contributed by atoms with Crippen molar-refractivity contribution in [2.24, 2.45) is 10.9 Å². The maximum absolute atomic E-state index is 11.8. The molecule has 1 unspecified atom stereocenters. The van der Waals surface area contributed by atoms with Gasteiger partial charge < -0.3 is 14.8 Å². The lowest BCUT2D eigenvalue weighted by atomic mass is 10.1. The van der Waals surface area contributed by atoms with E-state index in [0.717, 1.165) is 5.56 Å². The van der Waals surface area contributed by atoms with Crippen molar-refractivity contribution in [3.63, 3.8) is 0 Å². The third-order valence-corrected chi connectivity index (χ3v) is 3.07. The summed E-state index contributed by atoms with van der Waals surface area (Å²) in [7, 11) is 3.16. The van der Waals surface area contributed by atoms with Crippen molar-refractivity contribution in [3.05, 3.63) is 23.8 Å². The van der Waals surface area contributed by atoms with Crippen LogP contribution in [0.5, 0.6) is 11.5 Å². The van der Waals surface area contributed by atoms with Gasteiger partial charge in [-0.2, -0.15) is 0 Å². The van der Waals surface area contributed by atoms with Crippen LogP contribution in [0.2, 0.25) is 0 Å². The zero-order valence-corrected chi connectivity index (χ0v) is 11.6. The number of amides is 1. The summed E-state index contributed by atoms with van der Waals surface area (Å²) < 4.78 is 10.4. The van der Waals surface area contributed by atoms with E-state index in [1.165, 1.54) is 0 Å². The second kappa shape index (κ2) is 5.30. The Morgan fingerprint density at radius 2 is 1.89 bits per heavy atom. The normalized spacial score (nSPS) is 18.3. The van der Waals surface area contributed by atoms with E-state index < -0.39 is 0 Å². The van der Waals surface area contributed by atoms with Crippen molar-refractivity contribution in [1.82, 2.24) is 5.32 Å². The van der Waals surface area contributed by atoms with E-state index in [4.69, 9.17) is 9.47 Å². The minimum atomic E-state index is -0.317. The van der Waals surface area contributed by atoms with Gasteiger partial charge in [0, 0.05) is 5.56 Å². The molecule has 0 spiro atoms. The Morgan fingerprint density at radius 1 is 1.21 bits per heavy atom. The van der Waals surface area contributed by atoms with Gasteiger partial charge in [-0.1, -0.05) is 13.8 Å². The molecule has 5 nitrogen and oxygen atoms in total. The van der Waals surface area contributed by atoms with Gasteiger partial charge in [0.05, 0.1) is 14.2 Å². The highest BCUT2D eigenvalue weighted by molar-refractivity contribution is 6.13. The third-order valence-electron chi connectivity index (χ3n) is 3.07. The molecule has 5 heteroatoms. The highest BCUT2D eigenvalue weighted by atomic mass is 16.5. The second-order valence-corrected chi connectivity index (χ2v) is 4.73. The third kappa shape index (κ3) is 2.54. The maximum atomic E-state index is 11.8. The number of amidine groups is 1. The quantitative estimate of drug-likeness (QED) is 0.896. The molecule has 1 N–H and O–H groups in total. The van der Waals surface area contributed by atoms with E-state index in [1.807, 2.05) is 19.9 Å². The second-order valence-electron chi connectivity index (χ2n) is 4.73. The van der Waals surface area contributed by atoms with E-state index >= 15 is 0 Å². The first-order chi connectivity index (χ1) is 9.06. The van der Waals surface area contributed by atoms with Gasteiger partial charge in [0.15, 0.2) is 11.5 Å². The minimum Gasteiger partial charge on any atom is -0.493 e. The van der Waals surface area contributed by atoms with Crippen LogP contribution >= 0.6 is 0 Å². The molecule has 1 aliphatic heterocycles. The van der Waals surface area contributed by atoms with Gasteiger partial charge in [0.2, 0.25) is 0 Å². The Kier molecular flexibility index (Phi) is 3.74. The molecule has 1 amide bonds. The van der Waals surface area contributed by atoms with Crippen LogP contribution in [0.25, 0.3) is 0 Å². The van der Waals surface area contributed by atoms with E-state index in [2.05, 4.69) is 10.3 Å². The zero-order chi connectivity index (χ0) is 14.0. The van der Waals surface area contributed by atoms with Crippen molar-refractivity contribution in [1.29, 1.82) is 0 Å². The van der Waals surface area contributed by atoms with Crippen molar-refractivity contribution in [2.45, 2.75) is 19.9 Å². The predicted octanol–water partition coefficient (Wildman–Crippen LogP) is 1.60. The summed E-state index contributed by atoms with van der Waals surface area (Å²) in [5.41, 5.74) is 0.814. The molecule has 1 aliphatic rings. The molecule has 19 heavy (non-hydrogen) atoms. The molecule has 1 aromatic rings. The maximum Gasteiger partial charge on any atom is 0.250 e.